The summed E-state index contributed by atoms with van der Waals surface area (Å²) in [6.07, 6.45) is 0.865. The third-order valence-corrected chi connectivity index (χ3v) is 4.67. The first kappa shape index (κ1) is 16.5. The van der Waals surface area contributed by atoms with Crippen molar-refractivity contribution < 1.29 is 18.1 Å². The summed E-state index contributed by atoms with van der Waals surface area (Å²) >= 11 is 0. The number of nitro groups is 1. The van der Waals surface area contributed by atoms with Crippen molar-refractivity contribution in [1.82, 2.24) is 0 Å². The standard InChI is InChI=1S/C15H14N2O5S/c1-22-13-9-7-12(8-10-13)16-11-15(17(18)19)23(20,21)14-5-3-2-4-6-14/h2-11,16H,1H3/b15-11+. The molecule has 0 aliphatic heterocycles. The lowest BCUT2D eigenvalue weighted by atomic mass is 10.3. The molecule has 0 unspecified atom stereocenters. The predicted molar refractivity (Wildman–Crippen MR) is 85.3 cm³/mol. The highest BCUT2D eigenvalue weighted by molar-refractivity contribution is 7.95. The summed E-state index contributed by atoms with van der Waals surface area (Å²) in [4.78, 5) is 10.1. The molecule has 7 nitrogen and oxygen atoms in total. The summed E-state index contributed by atoms with van der Waals surface area (Å²) in [6, 6.07) is 13.8. The molecule has 1 N–H and O–H groups in total. The lowest BCUT2D eigenvalue weighted by molar-refractivity contribution is -0.411. The molecule has 120 valence electrons. The average Bonchev–Trinajstić information content (AvgIpc) is 2.56. The van der Waals surface area contributed by atoms with Crippen molar-refractivity contribution in [1.29, 1.82) is 0 Å². The number of methoxy groups -OCH3 is 1. The van der Waals surface area contributed by atoms with E-state index < -0.39 is 19.8 Å². The third kappa shape index (κ3) is 3.86. The van der Waals surface area contributed by atoms with Crippen LogP contribution in [0.25, 0.3) is 0 Å². The zero-order valence-electron chi connectivity index (χ0n) is 12.2. The molecular formula is C15H14N2O5S. The molecule has 0 amide bonds. The van der Waals surface area contributed by atoms with Crippen LogP contribution in [0.2, 0.25) is 0 Å². The molecule has 2 aromatic carbocycles. The van der Waals surface area contributed by atoms with Crippen LogP contribution >= 0.6 is 0 Å². The molecule has 2 rings (SSSR count). The van der Waals surface area contributed by atoms with Crippen molar-refractivity contribution in [3.63, 3.8) is 0 Å². The number of nitrogens with zero attached hydrogens (tertiary/aromatic N) is 1. The summed E-state index contributed by atoms with van der Waals surface area (Å²) < 4.78 is 29.6. The quantitative estimate of drug-likeness (QED) is 0.644. The summed E-state index contributed by atoms with van der Waals surface area (Å²) in [5.41, 5.74) is 0.494. The molecule has 0 spiro atoms. The van der Waals surface area contributed by atoms with Crippen LogP contribution < -0.4 is 10.1 Å². The largest absolute Gasteiger partial charge is 0.497 e. The van der Waals surface area contributed by atoms with Gasteiger partial charge in [0.2, 0.25) is 0 Å². The number of nitrogens with one attached hydrogen (secondary N) is 1. The van der Waals surface area contributed by atoms with E-state index in [1.807, 2.05) is 0 Å². The number of anilines is 1. The van der Waals surface area contributed by atoms with Crippen LogP contribution in [0.1, 0.15) is 0 Å². The maximum absolute atomic E-state index is 12.3. The fourth-order valence-corrected chi connectivity index (χ4v) is 2.95. The summed E-state index contributed by atoms with van der Waals surface area (Å²) in [7, 11) is -2.69. The van der Waals surface area contributed by atoms with Crippen LogP contribution in [0.3, 0.4) is 0 Å². The Labute approximate surface area is 133 Å². The Balaban J connectivity index is 2.32. The van der Waals surface area contributed by atoms with Gasteiger partial charge < -0.3 is 10.1 Å². The maximum Gasteiger partial charge on any atom is 0.379 e. The SMILES string of the molecule is COc1ccc(N/C=C(\[N+](=O)[O-])S(=O)(=O)c2ccccc2)cc1. The number of ether oxygens (including phenoxy) is 1. The van der Waals surface area contributed by atoms with E-state index in [1.54, 1.807) is 30.3 Å². The lowest BCUT2D eigenvalue weighted by Crippen LogP contribution is -2.14. The van der Waals surface area contributed by atoms with Crippen LogP contribution in [-0.2, 0) is 9.84 Å². The van der Waals surface area contributed by atoms with Gasteiger partial charge in [-0.05, 0) is 36.4 Å². The van der Waals surface area contributed by atoms with E-state index in [2.05, 4.69) is 5.32 Å². The first-order chi connectivity index (χ1) is 10.9. The molecule has 2 aromatic rings. The van der Waals surface area contributed by atoms with Gasteiger partial charge in [-0.3, -0.25) is 10.1 Å². The van der Waals surface area contributed by atoms with Crippen molar-refractivity contribution in [2.75, 3.05) is 12.4 Å². The lowest BCUT2D eigenvalue weighted by Gasteiger charge is -2.05. The molecule has 0 bridgehead atoms. The third-order valence-electron chi connectivity index (χ3n) is 2.96. The number of hydrogen-bond acceptors (Lipinski definition) is 6. The summed E-state index contributed by atoms with van der Waals surface area (Å²) in [5, 5.41) is 12.8. The highest BCUT2D eigenvalue weighted by atomic mass is 32.2. The van der Waals surface area contributed by atoms with Gasteiger partial charge in [-0.2, -0.15) is 0 Å². The van der Waals surface area contributed by atoms with Gasteiger partial charge in [0.15, 0.2) is 0 Å². The molecule has 0 saturated carbocycles. The maximum atomic E-state index is 12.3. The Bertz CT molecular complexity index is 815. The minimum atomic E-state index is -4.21. The van der Waals surface area contributed by atoms with Gasteiger partial charge >= 0.3 is 5.03 Å². The van der Waals surface area contributed by atoms with Crippen LogP contribution in [0.15, 0.2) is 70.7 Å². The normalized spacial score (nSPS) is 11.8. The van der Waals surface area contributed by atoms with Gasteiger partial charge in [-0.1, -0.05) is 18.2 Å². The topological polar surface area (TPSA) is 98.5 Å². The van der Waals surface area contributed by atoms with Crippen LogP contribution in [0.4, 0.5) is 5.69 Å². The molecule has 0 heterocycles. The van der Waals surface area contributed by atoms with E-state index in [0.717, 1.165) is 6.20 Å². The molecule has 0 fully saturated rings. The highest BCUT2D eigenvalue weighted by Crippen LogP contribution is 2.20. The zero-order valence-corrected chi connectivity index (χ0v) is 13.0. The van der Waals surface area contributed by atoms with Crippen molar-refractivity contribution in [3.8, 4) is 5.75 Å². The predicted octanol–water partition coefficient (Wildman–Crippen LogP) is 2.66. The Morgan fingerprint density at radius 1 is 1.13 bits per heavy atom. The van der Waals surface area contributed by atoms with Gasteiger partial charge in [-0.15, -0.1) is 0 Å². The van der Waals surface area contributed by atoms with Crippen LogP contribution in [0, 0.1) is 10.1 Å². The summed E-state index contributed by atoms with van der Waals surface area (Å²) in [6.45, 7) is 0. The minimum absolute atomic E-state index is 0.139. The van der Waals surface area contributed by atoms with Crippen molar-refractivity contribution >= 4 is 15.5 Å². The highest BCUT2D eigenvalue weighted by Gasteiger charge is 2.31. The van der Waals surface area contributed by atoms with Gasteiger partial charge in [0.25, 0.3) is 9.84 Å². The van der Waals surface area contributed by atoms with Crippen LogP contribution in [-0.4, -0.2) is 20.5 Å². The van der Waals surface area contributed by atoms with Crippen LogP contribution in [0.5, 0.6) is 5.75 Å². The Hall–Kier alpha value is -2.87. The Kier molecular flexibility index (Phi) is 4.97. The molecule has 0 aliphatic carbocycles. The molecule has 23 heavy (non-hydrogen) atoms. The Morgan fingerprint density at radius 3 is 2.26 bits per heavy atom. The number of benzene rings is 2. The first-order valence-corrected chi connectivity index (χ1v) is 7.99. The number of rotatable bonds is 6. The Morgan fingerprint density at radius 2 is 1.74 bits per heavy atom. The second kappa shape index (κ2) is 6.93. The van der Waals surface area contributed by atoms with Crippen molar-refractivity contribution in [2.45, 2.75) is 4.90 Å². The molecule has 0 saturated heterocycles. The smallest absolute Gasteiger partial charge is 0.379 e. The summed E-state index contributed by atoms with van der Waals surface area (Å²) in [5.74, 6) is 0.617. The average molecular weight is 334 g/mol. The van der Waals surface area contributed by atoms with Gasteiger partial charge in [0, 0.05) is 5.69 Å². The minimum Gasteiger partial charge on any atom is -0.497 e. The zero-order chi connectivity index (χ0) is 16.9. The fraction of sp³-hybridized carbons (Fsp3) is 0.0667. The monoisotopic (exact) mass is 334 g/mol. The molecule has 0 aliphatic rings. The van der Waals surface area contributed by atoms with E-state index in [1.165, 1.54) is 31.4 Å². The molecule has 8 heteroatoms. The molecule has 0 atom stereocenters. The van der Waals surface area contributed by atoms with E-state index in [0.29, 0.717) is 11.4 Å². The van der Waals surface area contributed by atoms with Crippen molar-refractivity contribution in [3.05, 3.63) is 75.9 Å². The number of hydrogen-bond donors (Lipinski definition) is 1. The molecule has 0 radical (unpaired) electrons. The van der Waals surface area contributed by atoms with E-state index in [-0.39, 0.29) is 4.90 Å². The van der Waals surface area contributed by atoms with E-state index in [9.17, 15) is 18.5 Å². The van der Waals surface area contributed by atoms with E-state index >= 15 is 0 Å². The first-order valence-electron chi connectivity index (χ1n) is 6.50. The second-order valence-electron chi connectivity index (χ2n) is 4.43. The van der Waals surface area contributed by atoms with Gasteiger partial charge in [0.05, 0.1) is 23.1 Å². The van der Waals surface area contributed by atoms with Crippen molar-refractivity contribution in [2.24, 2.45) is 0 Å². The van der Waals surface area contributed by atoms with E-state index in [4.69, 9.17) is 4.74 Å². The van der Waals surface area contributed by atoms with Gasteiger partial charge in [-0.25, -0.2) is 8.42 Å². The van der Waals surface area contributed by atoms with Gasteiger partial charge in [0.1, 0.15) is 5.75 Å². The molecular weight excluding hydrogens is 320 g/mol. The number of sulfone groups is 1. The second-order valence-corrected chi connectivity index (χ2v) is 6.33. The molecule has 0 aromatic heterocycles. The fourth-order valence-electron chi connectivity index (χ4n) is 1.78.